The zero-order valence-electron chi connectivity index (χ0n) is 8.67. The molecule has 0 saturated carbocycles. The third-order valence-electron chi connectivity index (χ3n) is 2.61. The van der Waals surface area contributed by atoms with Gasteiger partial charge in [-0.1, -0.05) is 53.5 Å². The van der Waals surface area contributed by atoms with Crippen LogP contribution in [0.25, 0.3) is 22.2 Å². The average Bonchev–Trinajstić information content (AvgIpc) is 2.78. The molecule has 0 aliphatic carbocycles. The van der Waals surface area contributed by atoms with Gasteiger partial charge in [0.2, 0.25) is 0 Å². The fraction of sp³-hybridized carbons (Fsp3) is 0. The molecule has 0 fully saturated rings. The predicted molar refractivity (Wildman–Crippen MR) is 70.4 cm³/mol. The zero-order chi connectivity index (χ0) is 11.8. The quantitative estimate of drug-likeness (QED) is 0.694. The molecule has 83 valence electrons. The minimum Gasteiger partial charge on any atom is -0.335 e. The monoisotopic (exact) mass is 261 g/mol. The molecule has 0 aliphatic heterocycles. The maximum atomic E-state index is 6.34. The lowest BCUT2D eigenvalue weighted by molar-refractivity contribution is 1.32. The number of aromatic nitrogens is 2. The van der Waals surface area contributed by atoms with Crippen LogP contribution in [0, 0.1) is 6.33 Å². The van der Waals surface area contributed by atoms with Crippen LogP contribution in [-0.2, 0) is 0 Å². The lowest BCUT2D eigenvalue weighted by atomic mass is 10.0. The summed E-state index contributed by atoms with van der Waals surface area (Å²) < 4.78 is 0. The number of imidazole rings is 1. The minimum atomic E-state index is 0.552. The van der Waals surface area contributed by atoms with Crippen molar-refractivity contribution in [2.45, 2.75) is 0 Å². The number of rotatable bonds is 1. The van der Waals surface area contributed by atoms with Gasteiger partial charge in [-0.2, -0.15) is 0 Å². The van der Waals surface area contributed by atoms with E-state index in [0.717, 1.165) is 16.6 Å². The van der Waals surface area contributed by atoms with Crippen LogP contribution in [0.15, 0.2) is 36.4 Å². The lowest BCUT2D eigenvalue weighted by Crippen LogP contribution is -1.83. The van der Waals surface area contributed by atoms with Gasteiger partial charge in [0.1, 0.15) is 5.52 Å². The smallest absolute Gasteiger partial charge is 0.174 e. The van der Waals surface area contributed by atoms with Gasteiger partial charge in [-0.15, -0.1) is 0 Å². The molecule has 0 atom stereocenters. The molecule has 2 aromatic carbocycles. The van der Waals surface area contributed by atoms with Crippen molar-refractivity contribution in [3.63, 3.8) is 0 Å². The van der Waals surface area contributed by atoms with Crippen LogP contribution in [0.1, 0.15) is 0 Å². The fourth-order valence-electron chi connectivity index (χ4n) is 1.83. The standard InChI is InChI=1S/C13H7Cl2N2/c14-9-6-10-13(17-7-16-10)12(15)11(9)8-4-2-1-3-5-8/h1-6H,(H,16,17). The summed E-state index contributed by atoms with van der Waals surface area (Å²) in [6.07, 6.45) is 2.67. The molecule has 0 amide bonds. The van der Waals surface area contributed by atoms with E-state index in [2.05, 4.69) is 16.3 Å². The highest BCUT2D eigenvalue weighted by atomic mass is 35.5. The molecule has 1 N–H and O–H groups in total. The largest absolute Gasteiger partial charge is 0.335 e. The number of fused-ring (bicyclic) bond motifs is 1. The highest BCUT2D eigenvalue weighted by molar-refractivity contribution is 6.42. The second-order valence-corrected chi connectivity index (χ2v) is 4.44. The van der Waals surface area contributed by atoms with Crippen LogP contribution in [0.5, 0.6) is 0 Å². The molecule has 1 heterocycles. The predicted octanol–water partition coefficient (Wildman–Crippen LogP) is 4.34. The molecule has 1 radical (unpaired) electrons. The van der Waals surface area contributed by atoms with Gasteiger partial charge in [-0.05, 0) is 11.6 Å². The van der Waals surface area contributed by atoms with Crippen molar-refractivity contribution >= 4 is 34.2 Å². The highest BCUT2D eigenvalue weighted by Crippen LogP contribution is 2.38. The zero-order valence-corrected chi connectivity index (χ0v) is 10.2. The molecule has 0 bridgehead atoms. The van der Waals surface area contributed by atoms with Crippen LogP contribution >= 0.6 is 23.2 Å². The third-order valence-corrected chi connectivity index (χ3v) is 3.28. The molecule has 0 aliphatic rings. The molecule has 0 unspecified atom stereocenters. The number of aromatic amines is 1. The van der Waals surface area contributed by atoms with Crippen LogP contribution in [-0.4, -0.2) is 9.97 Å². The number of benzene rings is 2. The van der Waals surface area contributed by atoms with Crippen molar-refractivity contribution < 1.29 is 0 Å². The van der Waals surface area contributed by atoms with Crippen molar-refractivity contribution in [3.05, 3.63) is 52.8 Å². The number of hydrogen-bond donors (Lipinski definition) is 1. The first-order chi connectivity index (χ1) is 8.27. The van der Waals surface area contributed by atoms with Gasteiger partial charge in [0.15, 0.2) is 6.33 Å². The SMILES string of the molecule is Clc1cc2[nH][c]nc2c(Cl)c1-c1ccccc1. The van der Waals surface area contributed by atoms with Crippen LogP contribution < -0.4 is 0 Å². The molecule has 4 heteroatoms. The summed E-state index contributed by atoms with van der Waals surface area (Å²) >= 11 is 12.6. The normalized spacial score (nSPS) is 10.9. The van der Waals surface area contributed by atoms with Crippen LogP contribution in [0.3, 0.4) is 0 Å². The van der Waals surface area contributed by atoms with Crippen molar-refractivity contribution in [1.82, 2.24) is 9.97 Å². The summed E-state index contributed by atoms with van der Waals surface area (Å²) in [5.41, 5.74) is 3.27. The molecule has 3 rings (SSSR count). The maximum absolute atomic E-state index is 6.34. The van der Waals surface area contributed by atoms with Crippen molar-refractivity contribution in [2.75, 3.05) is 0 Å². The molecule has 2 nitrogen and oxygen atoms in total. The Morgan fingerprint density at radius 3 is 2.65 bits per heavy atom. The van der Waals surface area contributed by atoms with Crippen LogP contribution in [0.2, 0.25) is 10.0 Å². The van der Waals surface area contributed by atoms with Gasteiger partial charge in [0.05, 0.1) is 15.6 Å². The first kappa shape index (κ1) is 10.6. The molecular weight excluding hydrogens is 255 g/mol. The molecule has 1 aromatic heterocycles. The van der Waals surface area contributed by atoms with Crippen molar-refractivity contribution in [2.24, 2.45) is 0 Å². The Kier molecular flexibility index (Phi) is 2.54. The van der Waals surface area contributed by atoms with Crippen molar-refractivity contribution in [1.29, 1.82) is 0 Å². The van der Waals surface area contributed by atoms with E-state index in [0.29, 0.717) is 15.6 Å². The number of nitrogens with one attached hydrogen (secondary N) is 1. The van der Waals surface area contributed by atoms with Gasteiger partial charge in [-0.3, -0.25) is 0 Å². The Labute approximate surface area is 108 Å². The summed E-state index contributed by atoms with van der Waals surface area (Å²) in [5.74, 6) is 0. The Hall–Kier alpha value is -1.51. The summed E-state index contributed by atoms with van der Waals surface area (Å²) in [5, 5.41) is 1.16. The van der Waals surface area contributed by atoms with E-state index in [9.17, 15) is 0 Å². The minimum absolute atomic E-state index is 0.552. The van der Waals surface area contributed by atoms with Crippen molar-refractivity contribution in [3.8, 4) is 11.1 Å². The summed E-state index contributed by atoms with van der Waals surface area (Å²) in [6, 6.07) is 11.6. The Bertz CT molecular complexity index is 674. The maximum Gasteiger partial charge on any atom is 0.174 e. The molecule has 3 aromatic rings. The Morgan fingerprint density at radius 1 is 1.12 bits per heavy atom. The number of H-pyrrole nitrogens is 1. The van der Waals surface area contributed by atoms with E-state index < -0.39 is 0 Å². The topological polar surface area (TPSA) is 28.7 Å². The summed E-state index contributed by atoms with van der Waals surface area (Å²) in [6.45, 7) is 0. The second-order valence-electron chi connectivity index (χ2n) is 3.66. The molecular formula is C13H7Cl2N2. The van der Waals surface area contributed by atoms with Gasteiger partial charge < -0.3 is 4.98 Å². The summed E-state index contributed by atoms with van der Waals surface area (Å²) in [7, 11) is 0. The number of halogens is 2. The third kappa shape index (κ3) is 1.70. The lowest BCUT2D eigenvalue weighted by Gasteiger charge is -2.07. The van der Waals surface area contributed by atoms with E-state index in [1.807, 2.05) is 36.4 Å². The summed E-state index contributed by atoms with van der Waals surface area (Å²) in [4.78, 5) is 6.95. The van der Waals surface area contributed by atoms with Crippen LogP contribution in [0.4, 0.5) is 0 Å². The molecule has 17 heavy (non-hydrogen) atoms. The Balaban J connectivity index is 2.36. The first-order valence-corrected chi connectivity index (χ1v) is 5.82. The first-order valence-electron chi connectivity index (χ1n) is 5.06. The van der Waals surface area contributed by atoms with Gasteiger partial charge >= 0.3 is 0 Å². The van der Waals surface area contributed by atoms with E-state index in [1.54, 1.807) is 0 Å². The second kappa shape index (κ2) is 4.06. The molecule has 0 spiro atoms. The van der Waals surface area contributed by atoms with E-state index in [1.165, 1.54) is 0 Å². The van der Waals surface area contributed by atoms with E-state index in [4.69, 9.17) is 23.2 Å². The number of nitrogens with zero attached hydrogens (tertiary/aromatic N) is 1. The van der Waals surface area contributed by atoms with Gasteiger partial charge in [0.25, 0.3) is 0 Å². The van der Waals surface area contributed by atoms with E-state index in [-0.39, 0.29) is 0 Å². The average molecular weight is 262 g/mol. The highest BCUT2D eigenvalue weighted by Gasteiger charge is 2.14. The van der Waals surface area contributed by atoms with E-state index >= 15 is 0 Å². The Morgan fingerprint density at radius 2 is 1.88 bits per heavy atom. The fourth-order valence-corrected chi connectivity index (χ4v) is 2.54. The van der Waals surface area contributed by atoms with Gasteiger partial charge in [0, 0.05) is 5.56 Å². The van der Waals surface area contributed by atoms with Gasteiger partial charge in [-0.25, -0.2) is 4.98 Å². The number of hydrogen-bond acceptors (Lipinski definition) is 1. The molecule has 0 saturated heterocycles.